The number of benzene rings is 1. The van der Waals surface area contributed by atoms with Crippen molar-refractivity contribution in [2.75, 3.05) is 20.1 Å². The van der Waals surface area contributed by atoms with Crippen molar-refractivity contribution in [2.24, 2.45) is 12.0 Å². The number of rotatable bonds is 7. The van der Waals surface area contributed by atoms with Crippen molar-refractivity contribution in [3.63, 3.8) is 0 Å². The fraction of sp³-hybridized carbons (Fsp3) is 0.333. The van der Waals surface area contributed by atoms with Gasteiger partial charge in [0.05, 0.1) is 12.2 Å². The molecule has 0 radical (unpaired) electrons. The van der Waals surface area contributed by atoms with Crippen LogP contribution in [0.25, 0.3) is 5.69 Å². The van der Waals surface area contributed by atoms with Crippen molar-refractivity contribution in [2.45, 2.75) is 19.9 Å². The Morgan fingerprint density at radius 3 is 2.54 bits per heavy atom. The molecule has 0 atom stereocenters. The summed E-state index contributed by atoms with van der Waals surface area (Å²) in [4.78, 5) is 6.96. The van der Waals surface area contributed by atoms with Crippen LogP contribution in [0.1, 0.15) is 18.2 Å². The van der Waals surface area contributed by atoms with Gasteiger partial charge in [-0.2, -0.15) is 5.10 Å². The molecule has 0 aliphatic rings. The number of aryl methyl sites for hydroxylation is 1. The molecule has 0 aliphatic carbocycles. The second-order valence-electron chi connectivity index (χ2n) is 6.57. The molecular weight excluding hydrogens is 463 g/mol. The van der Waals surface area contributed by atoms with Gasteiger partial charge in [0.2, 0.25) is 0 Å². The minimum Gasteiger partial charge on any atom is -0.357 e. The van der Waals surface area contributed by atoms with E-state index in [1.165, 1.54) is 11.3 Å². The van der Waals surface area contributed by atoms with E-state index in [0.29, 0.717) is 0 Å². The Morgan fingerprint density at radius 1 is 1.14 bits per heavy atom. The molecule has 2 heterocycles. The fourth-order valence-electron chi connectivity index (χ4n) is 2.98. The van der Waals surface area contributed by atoms with Gasteiger partial charge in [0.15, 0.2) is 5.96 Å². The Hall–Kier alpha value is -2.29. The second kappa shape index (κ2) is 10.9. The number of aliphatic imine (C=N–C) groups is 1. The molecule has 0 saturated carbocycles. The van der Waals surface area contributed by atoms with Crippen molar-refractivity contribution in [1.29, 1.82) is 0 Å². The molecule has 0 amide bonds. The molecule has 0 aliphatic heterocycles. The van der Waals surface area contributed by atoms with Gasteiger partial charge in [-0.05, 0) is 49.2 Å². The summed E-state index contributed by atoms with van der Waals surface area (Å²) in [7, 11) is 4.15. The standard InChI is InChI=1S/C21H28N6.HI/c1-4-22-21(26(3)17-20-7-5-15-25(20)2)23-14-12-18-8-10-19(11-9-18)27-16-6-13-24-27;/h5-11,13,15-16H,4,12,14,17H2,1-3H3,(H,22,23);1H. The number of guanidine groups is 1. The summed E-state index contributed by atoms with van der Waals surface area (Å²) in [6, 6.07) is 14.6. The van der Waals surface area contributed by atoms with Crippen molar-refractivity contribution in [3.05, 3.63) is 72.3 Å². The van der Waals surface area contributed by atoms with Crippen LogP contribution in [-0.2, 0) is 20.0 Å². The summed E-state index contributed by atoms with van der Waals surface area (Å²) in [5.41, 5.74) is 3.61. The largest absolute Gasteiger partial charge is 0.357 e. The highest BCUT2D eigenvalue weighted by Crippen LogP contribution is 2.09. The molecule has 0 bridgehead atoms. The van der Waals surface area contributed by atoms with Gasteiger partial charge >= 0.3 is 0 Å². The molecule has 7 heteroatoms. The zero-order valence-corrected chi connectivity index (χ0v) is 19.1. The van der Waals surface area contributed by atoms with E-state index in [4.69, 9.17) is 4.99 Å². The van der Waals surface area contributed by atoms with E-state index in [1.807, 2.05) is 16.9 Å². The maximum absolute atomic E-state index is 4.80. The minimum absolute atomic E-state index is 0. The Kier molecular flexibility index (Phi) is 8.56. The van der Waals surface area contributed by atoms with Crippen LogP contribution >= 0.6 is 24.0 Å². The van der Waals surface area contributed by atoms with Crippen molar-refractivity contribution >= 4 is 29.9 Å². The Bertz CT molecular complexity index is 851. The number of hydrogen-bond acceptors (Lipinski definition) is 2. The van der Waals surface area contributed by atoms with Crippen LogP contribution in [0.2, 0.25) is 0 Å². The topological polar surface area (TPSA) is 50.4 Å². The minimum atomic E-state index is 0. The van der Waals surface area contributed by atoms with Gasteiger partial charge in [-0.3, -0.25) is 4.99 Å². The van der Waals surface area contributed by atoms with E-state index in [9.17, 15) is 0 Å². The van der Waals surface area contributed by atoms with Crippen LogP contribution in [0.4, 0.5) is 0 Å². The van der Waals surface area contributed by atoms with Crippen molar-refractivity contribution in [3.8, 4) is 5.69 Å². The summed E-state index contributed by atoms with van der Waals surface area (Å²) in [5.74, 6) is 0.937. The van der Waals surface area contributed by atoms with Crippen LogP contribution < -0.4 is 5.32 Å². The Labute approximate surface area is 184 Å². The Morgan fingerprint density at radius 2 is 1.93 bits per heavy atom. The van der Waals surface area contributed by atoms with Crippen LogP contribution in [0, 0.1) is 0 Å². The van der Waals surface area contributed by atoms with Crippen LogP contribution in [0.15, 0.2) is 66.0 Å². The van der Waals surface area contributed by atoms with E-state index in [-0.39, 0.29) is 24.0 Å². The summed E-state index contributed by atoms with van der Waals surface area (Å²) < 4.78 is 4.00. The average molecular weight is 492 g/mol. The van der Waals surface area contributed by atoms with E-state index >= 15 is 0 Å². The summed E-state index contributed by atoms with van der Waals surface area (Å²) in [5, 5.41) is 7.64. The number of halogens is 1. The quantitative estimate of drug-likeness (QED) is 0.312. The molecule has 3 aromatic rings. The molecule has 150 valence electrons. The number of nitrogens with zero attached hydrogens (tertiary/aromatic N) is 5. The van der Waals surface area contributed by atoms with E-state index in [2.05, 4.69) is 83.5 Å². The van der Waals surface area contributed by atoms with Gasteiger partial charge in [-0.15, -0.1) is 24.0 Å². The molecule has 1 N–H and O–H groups in total. The molecule has 1 aromatic carbocycles. The third kappa shape index (κ3) is 5.85. The van der Waals surface area contributed by atoms with Crippen molar-refractivity contribution < 1.29 is 0 Å². The van der Waals surface area contributed by atoms with Gasteiger partial charge in [0.25, 0.3) is 0 Å². The predicted molar refractivity (Wildman–Crippen MR) is 126 cm³/mol. The third-order valence-corrected chi connectivity index (χ3v) is 4.51. The Balaban J connectivity index is 0.00000280. The molecule has 6 nitrogen and oxygen atoms in total. The monoisotopic (exact) mass is 492 g/mol. The zero-order chi connectivity index (χ0) is 19.1. The first-order chi connectivity index (χ1) is 13.2. The van der Waals surface area contributed by atoms with Gasteiger partial charge in [-0.1, -0.05) is 12.1 Å². The summed E-state index contributed by atoms with van der Waals surface area (Å²) in [6.45, 7) is 4.53. The summed E-state index contributed by atoms with van der Waals surface area (Å²) in [6.07, 6.45) is 6.72. The van der Waals surface area contributed by atoms with Crippen LogP contribution in [0.3, 0.4) is 0 Å². The van der Waals surface area contributed by atoms with E-state index in [1.54, 1.807) is 6.20 Å². The first-order valence-electron chi connectivity index (χ1n) is 9.36. The molecule has 28 heavy (non-hydrogen) atoms. The predicted octanol–water partition coefficient (Wildman–Crippen LogP) is 3.47. The van der Waals surface area contributed by atoms with Gasteiger partial charge in [0.1, 0.15) is 0 Å². The maximum Gasteiger partial charge on any atom is 0.194 e. The average Bonchev–Trinajstić information content (AvgIpc) is 3.34. The number of nitrogens with one attached hydrogen (secondary N) is 1. The molecule has 0 saturated heterocycles. The first-order valence-corrected chi connectivity index (χ1v) is 9.36. The second-order valence-corrected chi connectivity index (χ2v) is 6.57. The normalized spacial score (nSPS) is 11.2. The van der Waals surface area contributed by atoms with Crippen LogP contribution in [0.5, 0.6) is 0 Å². The third-order valence-electron chi connectivity index (χ3n) is 4.51. The molecule has 2 aromatic heterocycles. The highest BCUT2D eigenvalue weighted by molar-refractivity contribution is 14.0. The number of hydrogen-bond donors (Lipinski definition) is 1. The lowest BCUT2D eigenvalue weighted by Crippen LogP contribution is -2.39. The molecular formula is C21H29IN6. The fourth-order valence-corrected chi connectivity index (χ4v) is 2.98. The van der Waals surface area contributed by atoms with E-state index < -0.39 is 0 Å². The highest BCUT2D eigenvalue weighted by atomic mass is 127. The first kappa shape index (κ1) is 22.0. The van der Waals surface area contributed by atoms with E-state index in [0.717, 1.165) is 37.7 Å². The molecule has 0 unspecified atom stereocenters. The zero-order valence-electron chi connectivity index (χ0n) is 16.7. The van der Waals surface area contributed by atoms with Gasteiger partial charge in [0, 0.05) is 51.5 Å². The van der Waals surface area contributed by atoms with Crippen LogP contribution in [-0.4, -0.2) is 45.3 Å². The van der Waals surface area contributed by atoms with Gasteiger partial charge < -0.3 is 14.8 Å². The maximum atomic E-state index is 4.80. The van der Waals surface area contributed by atoms with Crippen molar-refractivity contribution in [1.82, 2.24) is 24.6 Å². The lowest BCUT2D eigenvalue weighted by Gasteiger charge is -2.22. The van der Waals surface area contributed by atoms with Gasteiger partial charge in [-0.25, -0.2) is 4.68 Å². The smallest absolute Gasteiger partial charge is 0.194 e. The lowest BCUT2D eigenvalue weighted by atomic mass is 10.1. The SMILES string of the molecule is CCNC(=NCCc1ccc(-n2cccn2)cc1)N(C)Cc1cccn1C.I. The lowest BCUT2D eigenvalue weighted by molar-refractivity contribution is 0.462. The number of aromatic nitrogens is 3. The molecule has 0 spiro atoms. The summed E-state index contributed by atoms with van der Waals surface area (Å²) >= 11 is 0. The highest BCUT2D eigenvalue weighted by Gasteiger charge is 2.08. The molecule has 0 fully saturated rings. The molecule has 3 rings (SSSR count).